The van der Waals surface area contributed by atoms with Gasteiger partial charge in [-0.05, 0) is 31.9 Å². The van der Waals surface area contributed by atoms with E-state index in [1.807, 2.05) is 30.3 Å². The molecule has 120 valence electrons. The van der Waals surface area contributed by atoms with Crippen LogP contribution in [-0.4, -0.2) is 35.1 Å². The van der Waals surface area contributed by atoms with Crippen LogP contribution in [0.15, 0.2) is 42.7 Å². The third-order valence-electron chi connectivity index (χ3n) is 3.72. The molecule has 1 aromatic heterocycles. The maximum Gasteiger partial charge on any atom is 0.265 e. The van der Waals surface area contributed by atoms with Crippen molar-refractivity contribution in [2.75, 3.05) is 23.3 Å². The summed E-state index contributed by atoms with van der Waals surface area (Å²) in [5.41, 5.74) is 0.571. The highest BCUT2D eigenvalue weighted by atomic mass is 16.5. The predicted molar refractivity (Wildman–Crippen MR) is 88.6 cm³/mol. The lowest BCUT2D eigenvalue weighted by molar-refractivity contribution is -0.122. The average Bonchev–Trinajstić information content (AvgIpc) is 3.11. The number of nitrogens with one attached hydrogen (secondary N) is 1. The number of carbonyl (C=O) groups excluding carboxylic acids is 1. The fourth-order valence-corrected chi connectivity index (χ4v) is 2.47. The highest BCUT2D eigenvalue weighted by Gasteiger charge is 2.17. The molecule has 0 radical (unpaired) electrons. The molecule has 1 fully saturated rings. The number of aromatic nitrogens is 2. The van der Waals surface area contributed by atoms with Crippen LogP contribution in [0.4, 0.5) is 11.6 Å². The summed E-state index contributed by atoms with van der Waals surface area (Å²) in [6, 6.07) is 9.27. The minimum absolute atomic E-state index is 0.230. The van der Waals surface area contributed by atoms with Gasteiger partial charge in [-0.2, -0.15) is 0 Å². The smallest absolute Gasteiger partial charge is 0.265 e. The Hall–Kier alpha value is -2.63. The van der Waals surface area contributed by atoms with E-state index in [0.29, 0.717) is 17.4 Å². The van der Waals surface area contributed by atoms with Gasteiger partial charge >= 0.3 is 0 Å². The Morgan fingerprint density at radius 1 is 1.17 bits per heavy atom. The molecule has 1 amide bonds. The first-order chi connectivity index (χ1) is 11.2. The molecule has 0 aliphatic carbocycles. The minimum Gasteiger partial charge on any atom is -0.481 e. The first-order valence-corrected chi connectivity index (χ1v) is 7.82. The number of hydrogen-bond acceptors (Lipinski definition) is 5. The van der Waals surface area contributed by atoms with Crippen LogP contribution in [0, 0.1) is 0 Å². The summed E-state index contributed by atoms with van der Waals surface area (Å²) in [6.07, 6.45) is 5.02. The predicted octanol–water partition coefficient (Wildman–Crippen LogP) is 2.48. The topological polar surface area (TPSA) is 67.3 Å². The Kier molecular flexibility index (Phi) is 4.71. The lowest BCUT2D eigenvalue weighted by Crippen LogP contribution is -2.30. The fourth-order valence-electron chi connectivity index (χ4n) is 2.47. The van der Waals surface area contributed by atoms with Crippen LogP contribution >= 0.6 is 0 Å². The van der Waals surface area contributed by atoms with E-state index in [9.17, 15) is 4.79 Å². The fraction of sp³-hybridized carbons (Fsp3) is 0.353. The number of rotatable bonds is 5. The van der Waals surface area contributed by atoms with E-state index in [0.717, 1.165) is 13.1 Å². The molecule has 0 spiro atoms. The summed E-state index contributed by atoms with van der Waals surface area (Å²) >= 11 is 0. The molecule has 1 N–H and O–H groups in total. The van der Waals surface area contributed by atoms with Crippen LogP contribution in [0.25, 0.3) is 0 Å². The second kappa shape index (κ2) is 7.09. The Labute approximate surface area is 135 Å². The molecule has 0 saturated carbocycles. The summed E-state index contributed by atoms with van der Waals surface area (Å²) in [4.78, 5) is 22.9. The molecule has 3 rings (SSSR count). The molecule has 2 aromatic rings. The molecule has 1 atom stereocenters. The van der Waals surface area contributed by atoms with Gasteiger partial charge in [0.1, 0.15) is 5.75 Å². The molecule has 0 bridgehead atoms. The van der Waals surface area contributed by atoms with Gasteiger partial charge in [-0.3, -0.25) is 4.79 Å². The third kappa shape index (κ3) is 3.97. The van der Waals surface area contributed by atoms with Crippen molar-refractivity contribution in [3.05, 3.63) is 42.7 Å². The summed E-state index contributed by atoms with van der Waals surface area (Å²) in [5, 5.41) is 2.77. The molecule has 1 aliphatic heterocycles. The van der Waals surface area contributed by atoms with Crippen LogP contribution in [0.3, 0.4) is 0 Å². The van der Waals surface area contributed by atoms with Crippen molar-refractivity contribution in [2.45, 2.75) is 25.9 Å². The Bertz CT molecular complexity index is 639. The van der Waals surface area contributed by atoms with Gasteiger partial charge < -0.3 is 15.0 Å². The van der Waals surface area contributed by atoms with E-state index >= 15 is 0 Å². The number of amides is 1. The quantitative estimate of drug-likeness (QED) is 0.918. The number of nitrogens with zero attached hydrogens (tertiary/aromatic N) is 3. The molecule has 1 saturated heterocycles. The lowest BCUT2D eigenvalue weighted by Gasteiger charge is -2.16. The standard InChI is InChI=1S/C17H20N4O2/c1-13(23-15-7-3-2-4-8-15)16(22)20-14-11-18-17(19-12-14)21-9-5-6-10-21/h2-4,7-8,11-13H,5-6,9-10H2,1H3,(H,20,22)/t13-/m0/s1. The van der Waals surface area contributed by atoms with E-state index < -0.39 is 6.10 Å². The first-order valence-electron chi connectivity index (χ1n) is 7.82. The molecule has 2 heterocycles. The van der Waals surface area contributed by atoms with Crippen molar-refractivity contribution in [2.24, 2.45) is 0 Å². The number of ether oxygens (including phenoxy) is 1. The van der Waals surface area contributed by atoms with Crippen molar-refractivity contribution in [3.8, 4) is 5.75 Å². The van der Waals surface area contributed by atoms with Gasteiger partial charge in [0, 0.05) is 13.1 Å². The Balaban J connectivity index is 1.56. The third-order valence-corrected chi connectivity index (χ3v) is 3.72. The Morgan fingerprint density at radius 3 is 2.48 bits per heavy atom. The molecule has 1 aromatic carbocycles. The monoisotopic (exact) mass is 312 g/mol. The van der Waals surface area contributed by atoms with Crippen LogP contribution in [0.1, 0.15) is 19.8 Å². The number of benzene rings is 1. The van der Waals surface area contributed by atoms with E-state index in [1.54, 1.807) is 19.3 Å². The zero-order valence-corrected chi connectivity index (χ0v) is 13.1. The number of anilines is 2. The van der Waals surface area contributed by atoms with Crippen molar-refractivity contribution in [1.82, 2.24) is 9.97 Å². The highest BCUT2D eigenvalue weighted by Crippen LogP contribution is 2.16. The van der Waals surface area contributed by atoms with Crippen LogP contribution in [0.5, 0.6) is 5.75 Å². The molecular weight excluding hydrogens is 292 g/mol. The second-order valence-corrected chi connectivity index (χ2v) is 5.53. The van der Waals surface area contributed by atoms with Crippen molar-refractivity contribution in [1.29, 1.82) is 0 Å². The van der Waals surface area contributed by atoms with Crippen molar-refractivity contribution in [3.63, 3.8) is 0 Å². The summed E-state index contributed by atoms with van der Waals surface area (Å²) in [5.74, 6) is 1.15. The summed E-state index contributed by atoms with van der Waals surface area (Å²) in [7, 11) is 0. The number of para-hydroxylation sites is 1. The van der Waals surface area contributed by atoms with Crippen LogP contribution in [0.2, 0.25) is 0 Å². The highest BCUT2D eigenvalue weighted by molar-refractivity contribution is 5.93. The average molecular weight is 312 g/mol. The largest absolute Gasteiger partial charge is 0.481 e. The van der Waals surface area contributed by atoms with Crippen molar-refractivity contribution < 1.29 is 9.53 Å². The van der Waals surface area contributed by atoms with E-state index in [2.05, 4.69) is 20.2 Å². The van der Waals surface area contributed by atoms with Crippen LogP contribution in [-0.2, 0) is 4.79 Å². The van der Waals surface area contributed by atoms with Gasteiger partial charge in [0.15, 0.2) is 6.10 Å². The van der Waals surface area contributed by atoms with E-state index in [1.165, 1.54) is 12.8 Å². The number of hydrogen-bond donors (Lipinski definition) is 1. The van der Waals surface area contributed by atoms with Gasteiger partial charge in [-0.25, -0.2) is 9.97 Å². The van der Waals surface area contributed by atoms with Crippen LogP contribution < -0.4 is 15.0 Å². The molecule has 6 nitrogen and oxygen atoms in total. The van der Waals surface area contributed by atoms with Gasteiger partial charge in [0.2, 0.25) is 5.95 Å². The Morgan fingerprint density at radius 2 is 1.83 bits per heavy atom. The summed E-state index contributed by atoms with van der Waals surface area (Å²) < 4.78 is 5.59. The minimum atomic E-state index is -0.601. The second-order valence-electron chi connectivity index (χ2n) is 5.53. The van der Waals surface area contributed by atoms with E-state index in [4.69, 9.17) is 4.74 Å². The van der Waals surface area contributed by atoms with Gasteiger partial charge in [-0.1, -0.05) is 18.2 Å². The number of carbonyl (C=O) groups is 1. The molecule has 0 unspecified atom stereocenters. The molecule has 6 heteroatoms. The zero-order chi connectivity index (χ0) is 16.1. The lowest BCUT2D eigenvalue weighted by atomic mass is 10.3. The van der Waals surface area contributed by atoms with Crippen molar-refractivity contribution >= 4 is 17.5 Å². The summed E-state index contributed by atoms with van der Waals surface area (Å²) in [6.45, 7) is 3.70. The maximum atomic E-state index is 12.2. The van der Waals surface area contributed by atoms with Gasteiger partial charge in [-0.15, -0.1) is 0 Å². The first kappa shape index (κ1) is 15.3. The van der Waals surface area contributed by atoms with Gasteiger partial charge in [0.05, 0.1) is 18.1 Å². The maximum absolute atomic E-state index is 12.2. The zero-order valence-electron chi connectivity index (χ0n) is 13.1. The molecule has 1 aliphatic rings. The SMILES string of the molecule is C[C@H](Oc1ccccc1)C(=O)Nc1cnc(N2CCCC2)nc1. The van der Waals surface area contributed by atoms with Gasteiger partial charge in [0.25, 0.3) is 5.91 Å². The molecule has 23 heavy (non-hydrogen) atoms. The van der Waals surface area contributed by atoms with E-state index in [-0.39, 0.29) is 5.91 Å². The molecular formula is C17H20N4O2. The normalized spacial score (nSPS) is 15.3.